The molecule has 2 rings (SSSR count). The molecule has 0 aliphatic carbocycles. The Morgan fingerprint density at radius 1 is 0.900 bits per heavy atom. The third kappa shape index (κ3) is 3.81. The van der Waals surface area contributed by atoms with Gasteiger partial charge in [-0.05, 0) is 56.3 Å². The molecule has 0 amide bonds. The van der Waals surface area contributed by atoms with Gasteiger partial charge >= 0.3 is 0 Å². The van der Waals surface area contributed by atoms with Gasteiger partial charge in [-0.1, -0.05) is 17.7 Å². The van der Waals surface area contributed by atoms with Crippen molar-refractivity contribution in [3.8, 4) is 0 Å². The first-order chi connectivity index (χ1) is 9.72. The van der Waals surface area contributed by atoms with E-state index >= 15 is 0 Å². The first-order valence-corrected chi connectivity index (χ1v) is 7.13. The number of benzene rings is 2. The molecule has 2 aromatic carbocycles. The highest BCUT2D eigenvalue weighted by molar-refractivity contribution is 6.30. The van der Waals surface area contributed by atoms with Crippen molar-refractivity contribution in [1.82, 2.24) is 0 Å². The Kier molecular flexibility index (Phi) is 5.13. The van der Waals surface area contributed by atoms with Crippen LogP contribution >= 0.6 is 11.6 Å². The summed E-state index contributed by atoms with van der Waals surface area (Å²) in [4.78, 5) is 2.29. The monoisotopic (exact) mass is 287 g/mol. The van der Waals surface area contributed by atoms with E-state index in [0.717, 1.165) is 24.5 Å². The molecule has 3 nitrogen and oxygen atoms in total. The van der Waals surface area contributed by atoms with Crippen molar-refractivity contribution in [2.45, 2.75) is 13.8 Å². The fourth-order valence-corrected chi connectivity index (χ4v) is 2.16. The van der Waals surface area contributed by atoms with Crippen LogP contribution in [-0.2, 0) is 0 Å². The van der Waals surface area contributed by atoms with Gasteiger partial charge in [0.2, 0.25) is 0 Å². The molecule has 0 N–H and O–H groups in total. The first kappa shape index (κ1) is 14.5. The predicted molar refractivity (Wildman–Crippen MR) is 85.6 cm³/mol. The first-order valence-electron chi connectivity index (χ1n) is 6.75. The van der Waals surface area contributed by atoms with Crippen LogP contribution in [0, 0.1) is 0 Å². The Hall–Kier alpha value is -1.87. The maximum Gasteiger partial charge on any atom is 0.0871 e. The van der Waals surface area contributed by atoms with Crippen molar-refractivity contribution in [2.24, 2.45) is 10.2 Å². The van der Waals surface area contributed by atoms with Crippen LogP contribution in [0.4, 0.5) is 17.1 Å². The molecule has 4 heteroatoms. The van der Waals surface area contributed by atoms with Gasteiger partial charge in [-0.15, -0.1) is 0 Å². The minimum Gasteiger partial charge on any atom is -0.372 e. The third-order valence-corrected chi connectivity index (χ3v) is 3.30. The Morgan fingerprint density at radius 3 is 2.15 bits per heavy atom. The van der Waals surface area contributed by atoms with E-state index < -0.39 is 0 Å². The fraction of sp³-hybridized carbons (Fsp3) is 0.250. The molecule has 0 radical (unpaired) electrons. The van der Waals surface area contributed by atoms with Gasteiger partial charge in [-0.25, -0.2) is 0 Å². The number of nitrogens with zero attached hydrogens (tertiary/aromatic N) is 3. The summed E-state index contributed by atoms with van der Waals surface area (Å²) in [6.45, 7) is 6.30. The van der Waals surface area contributed by atoms with Crippen LogP contribution in [0.15, 0.2) is 58.8 Å². The molecule has 0 saturated heterocycles. The number of hydrogen-bond donors (Lipinski definition) is 0. The molecule has 0 spiro atoms. The van der Waals surface area contributed by atoms with Crippen LogP contribution in [0.25, 0.3) is 0 Å². The smallest absolute Gasteiger partial charge is 0.0871 e. The number of hydrogen-bond acceptors (Lipinski definition) is 3. The third-order valence-electron chi connectivity index (χ3n) is 3.07. The molecule has 104 valence electrons. The van der Waals surface area contributed by atoms with E-state index in [1.165, 1.54) is 5.69 Å². The number of anilines is 1. The van der Waals surface area contributed by atoms with Gasteiger partial charge in [-0.3, -0.25) is 0 Å². The molecular weight excluding hydrogens is 270 g/mol. The SMILES string of the molecule is CCN(CC)c1ccc(N=Nc2cccc(Cl)c2)cc1. The summed E-state index contributed by atoms with van der Waals surface area (Å²) in [6.07, 6.45) is 0. The summed E-state index contributed by atoms with van der Waals surface area (Å²) in [6, 6.07) is 15.4. The van der Waals surface area contributed by atoms with Gasteiger partial charge in [0.05, 0.1) is 11.4 Å². The van der Waals surface area contributed by atoms with E-state index in [1.807, 2.05) is 30.3 Å². The van der Waals surface area contributed by atoms with Crippen LogP contribution in [0.3, 0.4) is 0 Å². The molecule has 0 unspecified atom stereocenters. The highest BCUT2D eigenvalue weighted by atomic mass is 35.5. The summed E-state index contributed by atoms with van der Waals surface area (Å²) in [7, 11) is 0. The summed E-state index contributed by atoms with van der Waals surface area (Å²) < 4.78 is 0. The minimum absolute atomic E-state index is 0.665. The second-order valence-electron chi connectivity index (χ2n) is 4.37. The summed E-state index contributed by atoms with van der Waals surface area (Å²) >= 11 is 5.91. The molecule has 0 bridgehead atoms. The lowest BCUT2D eigenvalue weighted by Crippen LogP contribution is -2.21. The highest BCUT2D eigenvalue weighted by Crippen LogP contribution is 2.23. The average molecular weight is 288 g/mol. The lowest BCUT2D eigenvalue weighted by atomic mass is 10.2. The molecular formula is C16H18ClN3. The molecule has 0 heterocycles. The molecule has 0 atom stereocenters. The molecule has 2 aromatic rings. The van der Waals surface area contributed by atoms with Crippen LogP contribution < -0.4 is 4.90 Å². The molecule has 0 aliphatic rings. The van der Waals surface area contributed by atoms with Crippen LogP contribution in [0.1, 0.15) is 13.8 Å². The van der Waals surface area contributed by atoms with Gasteiger partial charge in [-0.2, -0.15) is 10.2 Å². The zero-order valence-corrected chi connectivity index (χ0v) is 12.5. The lowest BCUT2D eigenvalue weighted by molar-refractivity contribution is 0.866. The van der Waals surface area contributed by atoms with Gasteiger partial charge in [0, 0.05) is 23.8 Å². The number of azo groups is 1. The molecule has 0 fully saturated rings. The Bertz CT molecular complexity index is 575. The van der Waals surface area contributed by atoms with Crippen molar-refractivity contribution in [2.75, 3.05) is 18.0 Å². The van der Waals surface area contributed by atoms with E-state index in [9.17, 15) is 0 Å². The van der Waals surface area contributed by atoms with Crippen molar-refractivity contribution in [3.63, 3.8) is 0 Å². The summed E-state index contributed by atoms with van der Waals surface area (Å²) in [5.74, 6) is 0. The number of halogens is 1. The second kappa shape index (κ2) is 7.06. The number of rotatable bonds is 5. The van der Waals surface area contributed by atoms with Crippen LogP contribution in [-0.4, -0.2) is 13.1 Å². The lowest BCUT2D eigenvalue weighted by Gasteiger charge is -2.20. The van der Waals surface area contributed by atoms with E-state index in [1.54, 1.807) is 6.07 Å². The minimum atomic E-state index is 0.665. The van der Waals surface area contributed by atoms with Crippen LogP contribution in [0.5, 0.6) is 0 Å². The zero-order valence-electron chi connectivity index (χ0n) is 11.8. The molecule has 0 aliphatic heterocycles. The quantitative estimate of drug-likeness (QED) is 0.658. The Morgan fingerprint density at radius 2 is 1.55 bits per heavy atom. The van der Waals surface area contributed by atoms with Gasteiger partial charge in [0.25, 0.3) is 0 Å². The summed E-state index contributed by atoms with van der Waals surface area (Å²) in [5.41, 5.74) is 2.79. The largest absolute Gasteiger partial charge is 0.372 e. The van der Waals surface area contributed by atoms with Gasteiger partial charge in [0.1, 0.15) is 0 Å². The van der Waals surface area contributed by atoms with E-state index in [4.69, 9.17) is 11.6 Å². The second-order valence-corrected chi connectivity index (χ2v) is 4.80. The van der Waals surface area contributed by atoms with Crippen molar-refractivity contribution in [3.05, 3.63) is 53.6 Å². The Balaban J connectivity index is 2.11. The molecule has 20 heavy (non-hydrogen) atoms. The fourth-order valence-electron chi connectivity index (χ4n) is 1.97. The van der Waals surface area contributed by atoms with E-state index in [2.05, 4.69) is 41.1 Å². The predicted octanol–water partition coefficient (Wildman–Crippen LogP) is 5.60. The molecule has 0 aromatic heterocycles. The van der Waals surface area contributed by atoms with Crippen LogP contribution in [0.2, 0.25) is 5.02 Å². The normalized spacial score (nSPS) is 10.9. The van der Waals surface area contributed by atoms with Gasteiger partial charge < -0.3 is 4.90 Å². The van der Waals surface area contributed by atoms with E-state index in [0.29, 0.717) is 5.02 Å². The maximum atomic E-state index is 5.91. The average Bonchev–Trinajstić information content (AvgIpc) is 2.48. The standard InChI is InChI=1S/C16H18ClN3/c1-3-20(4-2)16-10-8-14(9-11-16)18-19-15-7-5-6-13(17)12-15/h5-12H,3-4H2,1-2H3. The van der Waals surface area contributed by atoms with Crippen molar-refractivity contribution in [1.29, 1.82) is 0 Å². The Labute approximate surface area is 124 Å². The zero-order chi connectivity index (χ0) is 14.4. The molecule has 0 saturated carbocycles. The van der Waals surface area contributed by atoms with Gasteiger partial charge in [0.15, 0.2) is 0 Å². The van der Waals surface area contributed by atoms with Crippen molar-refractivity contribution < 1.29 is 0 Å². The summed E-state index contributed by atoms with van der Waals surface area (Å²) in [5, 5.41) is 9.06. The maximum absolute atomic E-state index is 5.91. The van der Waals surface area contributed by atoms with E-state index in [-0.39, 0.29) is 0 Å². The highest BCUT2D eigenvalue weighted by Gasteiger charge is 2.00. The van der Waals surface area contributed by atoms with Crippen molar-refractivity contribution >= 4 is 28.7 Å². The topological polar surface area (TPSA) is 28.0 Å².